The summed E-state index contributed by atoms with van der Waals surface area (Å²) in [5, 5.41) is 2.84. The largest absolute Gasteiger partial charge is 0.469 e. The molecule has 5 heteroatoms. The molecule has 1 aliphatic rings. The summed E-state index contributed by atoms with van der Waals surface area (Å²) in [6, 6.07) is 0. The zero-order valence-corrected chi connectivity index (χ0v) is 11.4. The van der Waals surface area contributed by atoms with Gasteiger partial charge in [0.15, 0.2) is 0 Å². The number of amides is 1. The first-order chi connectivity index (χ1) is 8.61. The Labute approximate surface area is 109 Å². The first kappa shape index (κ1) is 15.0. The van der Waals surface area contributed by atoms with E-state index in [9.17, 15) is 9.59 Å². The number of carbonyl (C=O) groups is 2. The number of esters is 1. The van der Waals surface area contributed by atoms with Crippen LogP contribution in [0.3, 0.4) is 0 Å². The SMILES string of the molecule is COC(=O)CCCNC(=O)CN1CCC[C@H](C)C1. The van der Waals surface area contributed by atoms with Gasteiger partial charge in [0.1, 0.15) is 0 Å². The number of nitrogens with zero attached hydrogens (tertiary/aromatic N) is 1. The van der Waals surface area contributed by atoms with E-state index in [0.717, 1.165) is 13.1 Å². The molecule has 1 heterocycles. The highest BCUT2D eigenvalue weighted by Gasteiger charge is 2.18. The molecule has 0 radical (unpaired) electrons. The van der Waals surface area contributed by atoms with Gasteiger partial charge >= 0.3 is 5.97 Å². The molecular formula is C13H24N2O3. The van der Waals surface area contributed by atoms with E-state index in [1.165, 1.54) is 20.0 Å². The van der Waals surface area contributed by atoms with E-state index in [1.54, 1.807) is 0 Å². The van der Waals surface area contributed by atoms with Gasteiger partial charge in [0, 0.05) is 19.5 Å². The minimum atomic E-state index is -0.228. The molecule has 0 aliphatic carbocycles. The van der Waals surface area contributed by atoms with Gasteiger partial charge in [-0.1, -0.05) is 6.92 Å². The predicted octanol–water partition coefficient (Wildman–Crippen LogP) is 0.788. The van der Waals surface area contributed by atoms with E-state index in [0.29, 0.717) is 31.8 Å². The smallest absolute Gasteiger partial charge is 0.305 e. The zero-order chi connectivity index (χ0) is 13.4. The first-order valence-corrected chi connectivity index (χ1v) is 6.67. The maximum Gasteiger partial charge on any atom is 0.305 e. The number of methoxy groups -OCH3 is 1. The van der Waals surface area contributed by atoms with Gasteiger partial charge in [0.2, 0.25) is 5.91 Å². The Bertz CT molecular complexity index is 281. The Morgan fingerprint density at radius 2 is 2.22 bits per heavy atom. The van der Waals surface area contributed by atoms with Gasteiger partial charge in [-0.25, -0.2) is 0 Å². The summed E-state index contributed by atoms with van der Waals surface area (Å²) in [6.07, 6.45) is 3.43. The Morgan fingerprint density at radius 3 is 2.89 bits per heavy atom. The third-order valence-corrected chi connectivity index (χ3v) is 3.22. The predicted molar refractivity (Wildman–Crippen MR) is 69.1 cm³/mol. The fourth-order valence-electron chi connectivity index (χ4n) is 2.25. The van der Waals surface area contributed by atoms with Crippen molar-refractivity contribution in [3.05, 3.63) is 0 Å². The Kier molecular flexibility index (Phi) is 6.72. The molecule has 1 saturated heterocycles. The van der Waals surface area contributed by atoms with Crippen molar-refractivity contribution >= 4 is 11.9 Å². The molecule has 1 atom stereocenters. The van der Waals surface area contributed by atoms with Gasteiger partial charge in [-0.15, -0.1) is 0 Å². The average molecular weight is 256 g/mol. The van der Waals surface area contributed by atoms with E-state index in [1.807, 2.05) is 0 Å². The molecule has 0 aromatic heterocycles. The topological polar surface area (TPSA) is 58.6 Å². The van der Waals surface area contributed by atoms with Crippen LogP contribution in [-0.2, 0) is 14.3 Å². The Morgan fingerprint density at radius 1 is 1.44 bits per heavy atom. The highest BCUT2D eigenvalue weighted by molar-refractivity contribution is 5.78. The van der Waals surface area contributed by atoms with Crippen molar-refractivity contribution in [2.24, 2.45) is 5.92 Å². The van der Waals surface area contributed by atoms with Crippen LogP contribution in [-0.4, -0.2) is 50.1 Å². The summed E-state index contributed by atoms with van der Waals surface area (Å²) in [7, 11) is 1.37. The third-order valence-electron chi connectivity index (χ3n) is 3.22. The van der Waals surface area contributed by atoms with Crippen LogP contribution in [0, 0.1) is 5.92 Å². The van der Waals surface area contributed by atoms with E-state index in [4.69, 9.17) is 0 Å². The lowest BCUT2D eigenvalue weighted by atomic mass is 10.0. The summed E-state index contributed by atoms with van der Waals surface area (Å²) in [4.78, 5) is 24.7. The standard InChI is InChI=1S/C13H24N2O3/c1-11-5-4-8-15(9-11)10-12(16)14-7-3-6-13(17)18-2/h11H,3-10H2,1-2H3,(H,14,16)/t11-/m0/s1. The van der Waals surface area contributed by atoms with Gasteiger partial charge in [-0.3, -0.25) is 14.5 Å². The Balaban J connectivity index is 2.08. The summed E-state index contributed by atoms with van der Waals surface area (Å²) < 4.78 is 4.53. The van der Waals surface area contributed by atoms with Gasteiger partial charge in [0.25, 0.3) is 0 Å². The molecule has 0 saturated carbocycles. The number of hydrogen-bond donors (Lipinski definition) is 1. The number of likely N-dealkylation sites (tertiary alicyclic amines) is 1. The van der Waals surface area contributed by atoms with Crippen LogP contribution in [0.4, 0.5) is 0 Å². The fourth-order valence-corrected chi connectivity index (χ4v) is 2.25. The van der Waals surface area contributed by atoms with Crippen molar-refractivity contribution in [2.45, 2.75) is 32.6 Å². The molecule has 0 aromatic carbocycles. The van der Waals surface area contributed by atoms with E-state index in [-0.39, 0.29) is 11.9 Å². The molecule has 1 aliphatic heterocycles. The molecular weight excluding hydrogens is 232 g/mol. The van der Waals surface area contributed by atoms with Crippen LogP contribution in [0.5, 0.6) is 0 Å². The number of rotatable bonds is 6. The van der Waals surface area contributed by atoms with Crippen LogP contribution < -0.4 is 5.32 Å². The van der Waals surface area contributed by atoms with Crippen LogP contribution in [0.1, 0.15) is 32.6 Å². The van der Waals surface area contributed by atoms with Crippen molar-refractivity contribution in [2.75, 3.05) is 33.3 Å². The van der Waals surface area contributed by atoms with Crippen molar-refractivity contribution in [1.29, 1.82) is 0 Å². The highest BCUT2D eigenvalue weighted by atomic mass is 16.5. The normalized spacial score (nSPS) is 20.4. The summed E-state index contributed by atoms with van der Waals surface area (Å²) >= 11 is 0. The number of hydrogen-bond acceptors (Lipinski definition) is 4. The minimum Gasteiger partial charge on any atom is -0.469 e. The number of ether oxygens (including phenoxy) is 1. The third kappa shape index (κ3) is 6.00. The molecule has 1 fully saturated rings. The number of piperidine rings is 1. The fraction of sp³-hybridized carbons (Fsp3) is 0.846. The molecule has 0 spiro atoms. The van der Waals surface area contributed by atoms with Crippen molar-refractivity contribution in [1.82, 2.24) is 10.2 Å². The minimum absolute atomic E-state index is 0.0500. The molecule has 0 bridgehead atoms. The van der Waals surface area contributed by atoms with Crippen molar-refractivity contribution < 1.29 is 14.3 Å². The molecule has 1 rings (SSSR count). The quantitative estimate of drug-likeness (QED) is 0.564. The Hall–Kier alpha value is -1.10. The van der Waals surface area contributed by atoms with Gasteiger partial charge < -0.3 is 10.1 Å². The van der Waals surface area contributed by atoms with Gasteiger partial charge in [-0.2, -0.15) is 0 Å². The van der Waals surface area contributed by atoms with E-state index < -0.39 is 0 Å². The van der Waals surface area contributed by atoms with Crippen LogP contribution in [0.15, 0.2) is 0 Å². The molecule has 104 valence electrons. The molecule has 1 amide bonds. The monoisotopic (exact) mass is 256 g/mol. The summed E-state index contributed by atoms with van der Waals surface area (Å²) in [5.41, 5.74) is 0. The zero-order valence-electron chi connectivity index (χ0n) is 11.4. The molecule has 0 unspecified atom stereocenters. The lowest BCUT2D eigenvalue weighted by Gasteiger charge is -2.30. The maximum absolute atomic E-state index is 11.7. The first-order valence-electron chi connectivity index (χ1n) is 6.67. The molecule has 1 N–H and O–H groups in total. The van der Waals surface area contributed by atoms with E-state index >= 15 is 0 Å². The molecule has 18 heavy (non-hydrogen) atoms. The van der Waals surface area contributed by atoms with Crippen LogP contribution in [0.2, 0.25) is 0 Å². The molecule has 5 nitrogen and oxygen atoms in total. The van der Waals surface area contributed by atoms with Crippen molar-refractivity contribution in [3.8, 4) is 0 Å². The van der Waals surface area contributed by atoms with Crippen LogP contribution >= 0.6 is 0 Å². The second-order valence-corrected chi connectivity index (χ2v) is 5.01. The summed E-state index contributed by atoms with van der Waals surface area (Å²) in [5.74, 6) is 0.508. The van der Waals surface area contributed by atoms with Gasteiger partial charge in [0.05, 0.1) is 13.7 Å². The van der Waals surface area contributed by atoms with Crippen LogP contribution in [0.25, 0.3) is 0 Å². The second kappa shape index (κ2) is 8.08. The second-order valence-electron chi connectivity index (χ2n) is 5.01. The lowest BCUT2D eigenvalue weighted by molar-refractivity contribution is -0.140. The average Bonchev–Trinajstić information content (AvgIpc) is 2.34. The highest BCUT2D eigenvalue weighted by Crippen LogP contribution is 2.14. The van der Waals surface area contributed by atoms with E-state index in [2.05, 4.69) is 21.9 Å². The lowest BCUT2D eigenvalue weighted by Crippen LogP contribution is -2.42. The maximum atomic E-state index is 11.7. The van der Waals surface area contributed by atoms with Gasteiger partial charge in [-0.05, 0) is 31.7 Å². The molecule has 0 aromatic rings. The number of nitrogens with one attached hydrogen (secondary N) is 1. The number of carbonyl (C=O) groups excluding carboxylic acids is 2. The van der Waals surface area contributed by atoms with Crippen molar-refractivity contribution in [3.63, 3.8) is 0 Å². The summed E-state index contributed by atoms with van der Waals surface area (Å²) in [6.45, 7) is 5.26.